The number of imide groups is 2. The fourth-order valence-corrected chi connectivity index (χ4v) is 11.4. The smallest absolute Gasteiger partial charge is 0.319 e. The molecule has 6 aliphatic heterocycles. The Hall–Kier alpha value is -6.92. The average molecular weight is 935 g/mol. The quantitative estimate of drug-likeness (QED) is 0.187. The number of carbonyl (C=O) groups excluding carboxylic acids is 5. The van der Waals surface area contributed by atoms with Crippen LogP contribution in [0.3, 0.4) is 0 Å². The van der Waals surface area contributed by atoms with Gasteiger partial charge in [-0.2, -0.15) is 5.10 Å². The number of piperidine rings is 4. The summed E-state index contributed by atoms with van der Waals surface area (Å²) in [6.07, 6.45) is 7.65. The topological polar surface area (TPSA) is 196 Å². The molecule has 0 bridgehead atoms. The van der Waals surface area contributed by atoms with E-state index in [2.05, 4.69) is 39.5 Å². The molecule has 8 heterocycles. The lowest BCUT2D eigenvalue weighted by molar-refractivity contribution is -0.136. The van der Waals surface area contributed by atoms with E-state index in [1.165, 1.54) is 6.33 Å². The Morgan fingerprint density at radius 3 is 2.17 bits per heavy atom. The van der Waals surface area contributed by atoms with Crippen LogP contribution in [-0.4, -0.2) is 158 Å². The molecule has 5 fully saturated rings. The number of urea groups is 1. The van der Waals surface area contributed by atoms with Crippen LogP contribution >= 0.6 is 0 Å². The first-order chi connectivity index (χ1) is 33.6. The van der Waals surface area contributed by atoms with Gasteiger partial charge in [-0.3, -0.25) is 34.3 Å². The number of fused-ring (bicyclic) bond motifs is 2. The Balaban J connectivity index is 0.638. The van der Waals surface area contributed by atoms with E-state index in [4.69, 9.17) is 20.6 Å². The van der Waals surface area contributed by atoms with E-state index >= 15 is 0 Å². The number of piperazine rings is 1. The number of rotatable bonds is 9. The summed E-state index contributed by atoms with van der Waals surface area (Å²) in [5.41, 5.74) is 10.4. The molecule has 6 aliphatic rings. The molecule has 11 rings (SSSR count). The molecular formula is C51H58N12O6. The van der Waals surface area contributed by atoms with Crippen molar-refractivity contribution in [1.29, 1.82) is 0 Å². The minimum atomic E-state index is -0.982. The SMILES string of the molecule is Nc1ncnc2c1c(-c1ccc(Oc3ccccc3)cc1)nn2[C@@H]1CCCN(CC2CCN(C(=O)N3CCC(N4CCN(c5ccc6c(c5)C(=O)N(C5CCC(=O)NC5=O)C6=O)CC4)CC3)CC2)C1. The number of nitrogens with two attached hydrogens (primary N) is 1. The zero-order valence-electron chi connectivity index (χ0n) is 38.7. The number of para-hydroxylation sites is 1. The van der Waals surface area contributed by atoms with Crippen LogP contribution < -0.4 is 20.7 Å². The second kappa shape index (κ2) is 18.9. The molecule has 358 valence electrons. The first-order valence-corrected chi connectivity index (χ1v) is 24.6. The number of likely N-dealkylation sites (tertiary alicyclic amines) is 3. The van der Waals surface area contributed by atoms with Crippen molar-refractivity contribution in [3.8, 4) is 22.8 Å². The van der Waals surface area contributed by atoms with Gasteiger partial charge in [0.1, 0.15) is 35.4 Å². The van der Waals surface area contributed by atoms with Gasteiger partial charge in [0.05, 0.1) is 22.6 Å². The van der Waals surface area contributed by atoms with Crippen molar-refractivity contribution in [2.45, 2.75) is 69.5 Å². The third kappa shape index (κ3) is 8.86. The molecule has 0 saturated carbocycles. The molecule has 18 heteroatoms. The van der Waals surface area contributed by atoms with Crippen LogP contribution in [0.5, 0.6) is 11.5 Å². The van der Waals surface area contributed by atoms with Gasteiger partial charge in [-0.05, 0) is 112 Å². The summed E-state index contributed by atoms with van der Waals surface area (Å²) in [6, 6.07) is 22.7. The lowest BCUT2D eigenvalue weighted by atomic mass is 9.94. The van der Waals surface area contributed by atoms with Crippen LogP contribution in [-0.2, 0) is 9.59 Å². The molecule has 1 unspecified atom stereocenters. The zero-order valence-corrected chi connectivity index (χ0v) is 38.7. The predicted octanol–water partition coefficient (Wildman–Crippen LogP) is 5.02. The number of nitrogen functional groups attached to an aromatic ring is 1. The van der Waals surface area contributed by atoms with E-state index in [1.807, 2.05) is 60.7 Å². The number of hydrogen-bond donors (Lipinski definition) is 2. The summed E-state index contributed by atoms with van der Waals surface area (Å²) in [5.74, 6) is 0.457. The second-order valence-corrected chi connectivity index (χ2v) is 19.4. The molecule has 2 atom stereocenters. The third-order valence-corrected chi connectivity index (χ3v) is 15.2. The number of carbonyl (C=O) groups is 5. The van der Waals surface area contributed by atoms with Crippen molar-refractivity contribution in [3.05, 3.63) is 90.3 Å². The summed E-state index contributed by atoms with van der Waals surface area (Å²) < 4.78 is 8.10. The largest absolute Gasteiger partial charge is 0.457 e. The third-order valence-electron chi connectivity index (χ3n) is 15.2. The van der Waals surface area contributed by atoms with E-state index in [9.17, 15) is 24.0 Å². The van der Waals surface area contributed by atoms with Crippen LogP contribution in [0.1, 0.15) is 78.1 Å². The fraction of sp³-hybridized carbons (Fsp3) is 0.451. The molecule has 0 aliphatic carbocycles. The van der Waals surface area contributed by atoms with E-state index in [-0.39, 0.29) is 30.5 Å². The second-order valence-electron chi connectivity index (χ2n) is 19.4. The van der Waals surface area contributed by atoms with Gasteiger partial charge in [0, 0.05) is 89.2 Å². The van der Waals surface area contributed by atoms with Crippen LogP contribution in [0, 0.1) is 5.92 Å². The average Bonchev–Trinajstić information content (AvgIpc) is 3.89. The first kappa shape index (κ1) is 44.6. The highest BCUT2D eigenvalue weighted by molar-refractivity contribution is 6.23. The summed E-state index contributed by atoms with van der Waals surface area (Å²) in [7, 11) is 0. The molecular weight excluding hydrogens is 877 g/mol. The number of aromatic nitrogens is 4. The molecule has 3 N–H and O–H groups in total. The minimum absolute atomic E-state index is 0.0869. The van der Waals surface area contributed by atoms with Gasteiger partial charge in [0.15, 0.2) is 5.65 Å². The van der Waals surface area contributed by atoms with Gasteiger partial charge < -0.3 is 30.1 Å². The van der Waals surface area contributed by atoms with E-state index in [1.54, 1.807) is 12.1 Å². The van der Waals surface area contributed by atoms with Gasteiger partial charge in [-0.15, -0.1) is 0 Å². The van der Waals surface area contributed by atoms with E-state index in [0.717, 1.165) is 155 Å². The Morgan fingerprint density at radius 2 is 1.43 bits per heavy atom. The summed E-state index contributed by atoms with van der Waals surface area (Å²) in [5, 5.41) is 8.19. The highest BCUT2D eigenvalue weighted by atomic mass is 16.5. The molecule has 5 aromatic rings. The first-order valence-electron chi connectivity index (χ1n) is 24.6. The van der Waals surface area contributed by atoms with E-state index in [0.29, 0.717) is 23.3 Å². The molecule has 69 heavy (non-hydrogen) atoms. The van der Waals surface area contributed by atoms with Crippen molar-refractivity contribution in [2.24, 2.45) is 5.92 Å². The Kier molecular flexibility index (Phi) is 12.2. The van der Waals surface area contributed by atoms with Crippen molar-refractivity contribution >= 4 is 52.2 Å². The van der Waals surface area contributed by atoms with Gasteiger partial charge >= 0.3 is 6.03 Å². The lowest BCUT2D eigenvalue weighted by Crippen LogP contribution is -2.55. The summed E-state index contributed by atoms with van der Waals surface area (Å²) >= 11 is 0. The summed E-state index contributed by atoms with van der Waals surface area (Å²) in [4.78, 5) is 86.1. The van der Waals surface area contributed by atoms with Gasteiger partial charge in [-0.1, -0.05) is 18.2 Å². The summed E-state index contributed by atoms with van der Waals surface area (Å²) in [6.45, 7) is 9.23. The van der Waals surface area contributed by atoms with Crippen molar-refractivity contribution in [3.63, 3.8) is 0 Å². The van der Waals surface area contributed by atoms with Crippen LogP contribution in [0.25, 0.3) is 22.3 Å². The maximum Gasteiger partial charge on any atom is 0.319 e. The fourth-order valence-electron chi connectivity index (χ4n) is 11.4. The Bertz CT molecular complexity index is 2760. The highest BCUT2D eigenvalue weighted by Gasteiger charge is 2.45. The standard InChI is InChI=1S/C51H58N12O6/c52-46-44-45(34-8-11-39(12-9-34)69-38-6-2-1-3-7-38)56-63(47(44)54-32-53-46)37-5-4-20-57(31-37)30-33-16-21-60(22-17-33)51(68)61-23-18-35(19-24-61)58-25-27-59(28-26-58)36-10-13-40-41(29-36)50(67)62(49(40)66)42-14-15-43(64)55-48(42)65/h1-3,6-13,29,32-33,35,37,42H,4-5,14-28,30-31H2,(H2,52,53,54)(H,55,64,65)/t37-,42?/m1/s1. The molecule has 0 radical (unpaired) electrons. The van der Waals surface area contributed by atoms with Gasteiger partial charge in [0.25, 0.3) is 11.8 Å². The molecule has 2 aromatic heterocycles. The number of nitrogens with zero attached hydrogens (tertiary/aromatic N) is 10. The molecule has 6 amide bonds. The Labute approximate surface area is 400 Å². The van der Waals surface area contributed by atoms with E-state index < -0.39 is 29.7 Å². The van der Waals surface area contributed by atoms with Crippen LogP contribution in [0.2, 0.25) is 0 Å². The Morgan fingerprint density at radius 1 is 0.725 bits per heavy atom. The monoisotopic (exact) mass is 934 g/mol. The highest BCUT2D eigenvalue weighted by Crippen LogP contribution is 2.36. The van der Waals surface area contributed by atoms with Crippen LogP contribution in [0.15, 0.2) is 79.1 Å². The lowest BCUT2D eigenvalue weighted by Gasteiger charge is -2.44. The predicted molar refractivity (Wildman–Crippen MR) is 258 cm³/mol. The van der Waals surface area contributed by atoms with Crippen molar-refractivity contribution in [2.75, 3.05) is 82.6 Å². The molecule has 18 nitrogen and oxygen atoms in total. The molecule has 0 spiro atoms. The molecule has 5 saturated heterocycles. The van der Waals surface area contributed by atoms with Gasteiger partial charge in [-0.25, -0.2) is 19.4 Å². The zero-order chi connectivity index (χ0) is 47.2. The number of amides is 6. The number of hydrogen-bond acceptors (Lipinski definition) is 13. The molecule has 3 aromatic carbocycles. The number of benzene rings is 3. The minimum Gasteiger partial charge on any atom is -0.457 e. The van der Waals surface area contributed by atoms with Gasteiger partial charge in [0.2, 0.25) is 11.8 Å². The number of nitrogens with one attached hydrogen (secondary N) is 1. The van der Waals surface area contributed by atoms with Crippen molar-refractivity contribution < 1.29 is 28.7 Å². The number of anilines is 2. The number of ether oxygens (including phenoxy) is 1. The van der Waals surface area contributed by atoms with Crippen molar-refractivity contribution in [1.82, 2.24) is 49.6 Å². The van der Waals surface area contributed by atoms with Crippen LogP contribution in [0.4, 0.5) is 16.3 Å². The maximum absolute atomic E-state index is 13.8. The normalized spacial score (nSPS) is 22.4. The maximum atomic E-state index is 13.8.